The second-order valence-electron chi connectivity index (χ2n) is 7.54. The Morgan fingerprint density at radius 1 is 1.00 bits per heavy atom. The number of carbonyl (C=O) groups excluding carboxylic acids is 2. The van der Waals surface area contributed by atoms with Gasteiger partial charge in [0.25, 0.3) is 16.8 Å². The van der Waals surface area contributed by atoms with E-state index in [9.17, 15) is 29.8 Å². The summed E-state index contributed by atoms with van der Waals surface area (Å²) in [5.74, 6) is -0.531. The molecule has 0 bridgehead atoms. The summed E-state index contributed by atoms with van der Waals surface area (Å²) < 4.78 is 12.2. The number of methoxy groups -OCH3 is 1. The van der Waals surface area contributed by atoms with Gasteiger partial charge >= 0.3 is 5.69 Å². The molecule has 37 heavy (non-hydrogen) atoms. The maximum absolute atomic E-state index is 13.0. The van der Waals surface area contributed by atoms with Crippen LogP contribution in [0.25, 0.3) is 6.08 Å². The maximum atomic E-state index is 13.0. The highest BCUT2D eigenvalue weighted by Crippen LogP contribution is 2.42. The van der Waals surface area contributed by atoms with E-state index in [0.717, 1.165) is 44.0 Å². The van der Waals surface area contributed by atoms with Crippen LogP contribution in [0.2, 0.25) is 0 Å². The van der Waals surface area contributed by atoms with Crippen molar-refractivity contribution in [1.82, 2.24) is 4.90 Å². The minimum absolute atomic E-state index is 0.0337. The van der Waals surface area contributed by atoms with Gasteiger partial charge in [-0.25, -0.2) is 0 Å². The zero-order chi connectivity index (χ0) is 26.7. The van der Waals surface area contributed by atoms with Gasteiger partial charge in [0.2, 0.25) is 5.75 Å². The Balaban J connectivity index is 1.69. The number of non-ortho nitro benzene ring substituents is 1. The van der Waals surface area contributed by atoms with Crippen molar-refractivity contribution >= 4 is 62.9 Å². The van der Waals surface area contributed by atoms with Crippen LogP contribution in [0.5, 0.6) is 17.2 Å². The SMILES string of the molecule is COc1cccc(/C=C2\SC(=O)N(Cc3ccc(I)cc3)C2=O)c1Oc1ccc([N+](=O)[O-])cc1[N+](=O)[O-]. The van der Waals surface area contributed by atoms with Crippen LogP contribution in [-0.4, -0.2) is 33.0 Å². The van der Waals surface area contributed by atoms with E-state index in [2.05, 4.69) is 22.6 Å². The monoisotopic (exact) mass is 633 g/mol. The van der Waals surface area contributed by atoms with Crippen LogP contribution in [0.4, 0.5) is 16.2 Å². The molecule has 1 aliphatic rings. The molecule has 11 nitrogen and oxygen atoms in total. The van der Waals surface area contributed by atoms with Crippen LogP contribution < -0.4 is 9.47 Å². The fourth-order valence-electron chi connectivity index (χ4n) is 3.42. The Hall–Kier alpha value is -3.98. The molecule has 0 atom stereocenters. The second-order valence-corrected chi connectivity index (χ2v) is 9.78. The molecule has 1 saturated heterocycles. The summed E-state index contributed by atoms with van der Waals surface area (Å²) in [5.41, 5.74) is 0.0108. The number of ether oxygens (including phenoxy) is 2. The zero-order valence-corrected chi connectivity index (χ0v) is 21.9. The lowest BCUT2D eigenvalue weighted by atomic mass is 10.1. The fraction of sp³-hybridized carbons (Fsp3) is 0.0833. The summed E-state index contributed by atoms with van der Waals surface area (Å²) in [6.45, 7) is 0.107. The second kappa shape index (κ2) is 11.0. The largest absolute Gasteiger partial charge is 0.493 e. The van der Waals surface area contributed by atoms with Gasteiger partial charge in [0, 0.05) is 15.2 Å². The molecule has 13 heteroatoms. The molecule has 3 aromatic rings. The molecule has 0 radical (unpaired) electrons. The van der Waals surface area contributed by atoms with Crippen molar-refractivity contribution in [2.75, 3.05) is 7.11 Å². The third-order valence-corrected chi connectivity index (χ3v) is 6.83. The van der Waals surface area contributed by atoms with E-state index >= 15 is 0 Å². The van der Waals surface area contributed by atoms with Gasteiger partial charge in [-0.2, -0.15) is 0 Å². The summed E-state index contributed by atoms with van der Waals surface area (Å²) in [4.78, 5) is 48.0. The molecule has 0 saturated carbocycles. The van der Waals surface area contributed by atoms with Gasteiger partial charge in [-0.05, 0) is 70.3 Å². The lowest BCUT2D eigenvalue weighted by Crippen LogP contribution is -2.27. The average Bonchev–Trinajstić information content (AvgIpc) is 3.13. The van der Waals surface area contributed by atoms with Crippen LogP contribution >= 0.6 is 34.4 Å². The van der Waals surface area contributed by atoms with Gasteiger partial charge in [0.05, 0.1) is 34.5 Å². The first-order valence-corrected chi connectivity index (χ1v) is 12.3. The average molecular weight is 633 g/mol. The summed E-state index contributed by atoms with van der Waals surface area (Å²) in [6.07, 6.45) is 1.44. The standard InChI is InChI=1S/C24H16IN3O8S/c1-35-20-4-2-3-15(22(20)36-19-10-9-17(27(31)32)12-18(19)28(33)34)11-21-23(29)26(24(30)37-21)13-14-5-7-16(25)8-6-14/h2-12H,13H2,1H3/b21-11-. The summed E-state index contributed by atoms with van der Waals surface area (Å²) in [5, 5.41) is 22.2. The number of halogens is 1. The predicted molar refractivity (Wildman–Crippen MR) is 143 cm³/mol. The summed E-state index contributed by atoms with van der Waals surface area (Å²) in [6, 6.07) is 15.2. The number of hydrogen-bond donors (Lipinski definition) is 0. The van der Waals surface area contributed by atoms with Crippen molar-refractivity contribution in [3.8, 4) is 17.2 Å². The van der Waals surface area contributed by atoms with E-state index in [1.54, 1.807) is 18.2 Å². The molecule has 2 amide bonds. The van der Waals surface area contributed by atoms with Gasteiger partial charge in [-0.1, -0.05) is 24.3 Å². The maximum Gasteiger partial charge on any atom is 0.318 e. The van der Waals surface area contributed by atoms with Gasteiger partial charge in [-0.15, -0.1) is 0 Å². The Labute approximate surface area is 227 Å². The van der Waals surface area contributed by atoms with Crippen LogP contribution in [-0.2, 0) is 11.3 Å². The van der Waals surface area contributed by atoms with Gasteiger partial charge in [-0.3, -0.25) is 34.7 Å². The van der Waals surface area contributed by atoms with Gasteiger partial charge in [0.15, 0.2) is 11.5 Å². The number of carbonyl (C=O) groups is 2. The number of benzene rings is 3. The quantitative estimate of drug-likeness (QED) is 0.124. The normalized spacial score (nSPS) is 14.2. The fourth-order valence-corrected chi connectivity index (χ4v) is 4.61. The van der Waals surface area contributed by atoms with Crippen molar-refractivity contribution < 1.29 is 28.9 Å². The zero-order valence-electron chi connectivity index (χ0n) is 19.0. The topological polar surface area (TPSA) is 142 Å². The number of nitro benzene ring substituents is 2. The van der Waals surface area contributed by atoms with Crippen molar-refractivity contribution in [2.45, 2.75) is 6.54 Å². The smallest absolute Gasteiger partial charge is 0.318 e. The highest BCUT2D eigenvalue weighted by atomic mass is 127. The van der Waals surface area contributed by atoms with Crippen molar-refractivity contribution in [2.24, 2.45) is 0 Å². The summed E-state index contributed by atoms with van der Waals surface area (Å²) >= 11 is 2.92. The Morgan fingerprint density at radius 2 is 1.73 bits per heavy atom. The third kappa shape index (κ3) is 5.72. The lowest BCUT2D eigenvalue weighted by Gasteiger charge is -2.14. The van der Waals surface area contributed by atoms with Crippen LogP contribution in [0.1, 0.15) is 11.1 Å². The van der Waals surface area contributed by atoms with Crippen LogP contribution in [0.3, 0.4) is 0 Å². The molecular weight excluding hydrogens is 617 g/mol. The Bertz CT molecular complexity index is 1460. The highest BCUT2D eigenvalue weighted by molar-refractivity contribution is 14.1. The van der Waals surface area contributed by atoms with Gasteiger partial charge in [0.1, 0.15) is 0 Å². The molecule has 3 aromatic carbocycles. The first-order valence-electron chi connectivity index (χ1n) is 10.5. The van der Waals surface area contributed by atoms with Crippen LogP contribution in [0, 0.1) is 23.8 Å². The molecule has 0 aliphatic carbocycles. The van der Waals surface area contributed by atoms with E-state index < -0.39 is 32.4 Å². The van der Waals surface area contributed by atoms with E-state index in [0.29, 0.717) is 5.56 Å². The Morgan fingerprint density at radius 3 is 2.38 bits per heavy atom. The molecule has 0 N–H and O–H groups in total. The molecule has 0 aromatic heterocycles. The molecule has 1 heterocycles. The van der Waals surface area contributed by atoms with Gasteiger partial charge < -0.3 is 9.47 Å². The summed E-state index contributed by atoms with van der Waals surface area (Å²) in [7, 11) is 1.37. The third-order valence-electron chi connectivity index (χ3n) is 5.21. The van der Waals surface area contributed by atoms with E-state index in [1.807, 2.05) is 24.3 Å². The van der Waals surface area contributed by atoms with E-state index in [1.165, 1.54) is 13.2 Å². The molecule has 0 unspecified atom stereocenters. The number of amides is 2. The van der Waals surface area contributed by atoms with Crippen LogP contribution in [0.15, 0.2) is 65.6 Å². The lowest BCUT2D eigenvalue weighted by molar-refractivity contribution is -0.394. The molecule has 1 aliphatic heterocycles. The number of thioether (sulfide) groups is 1. The predicted octanol–water partition coefficient (Wildman–Crippen LogP) is 6.15. The number of para-hydroxylation sites is 1. The molecular formula is C24H16IN3O8S. The molecule has 1 fully saturated rings. The number of hydrogen-bond acceptors (Lipinski definition) is 9. The molecule has 188 valence electrons. The van der Waals surface area contributed by atoms with Crippen molar-refractivity contribution in [3.63, 3.8) is 0 Å². The minimum Gasteiger partial charge on any atom is -0.493 e. The number of nitrogens with zero attached hydrogens (tertiary/aromatic N) is 3. The minimum atomic E-state index is -0.798. The molecule has 4 rings (SSSR count). The van der Waals surface area contributed by atoms with E-state index in [4.69, 9.17) is 9.47 Å². The molecule has 0 spiro atoms. The number of imide groups is 1. The Kier molecular flexibility index (Phi) is 7.73. The first kappa shape index (κ1) is 26.1. The number of nitro groups is 2. The highest BCUT2D eigenvalue weighted by Gasteiger charge is 2.35. The van der Waals surface area contributed by atoms with Crippen molar-refractivity contribution in [1.29, 1.82) is 0 Å². The first-order chi connectivity index (χ1) is 17.7. The number of rotatable bonds is 8. The van der Waals surface area contributed by atoms with Crippen molar-refractivity contribution in [3.05, 3.63) is 100 Å². The van der Waals surface area contributed by atoms with E-state index in [-0.39, 0.29) is 28.7 Å².